The van der Waals surface area contributed by atoms with Gasteiger partial charge in [-0.25, -0.2) is 18.4 Å². The number of fused-ring (bicyclic) bond motifs is 1. The van der Waals surface area contributed by atoms with E-state index in [1.54, 1.807) is 140 Å². The van der Waals surface area contributed by atoms with Crippen LogP contribution in [0.25, 0.3) is 0 Å². The van der Waals surface area contributed by atoms with Gasteiger partial charge in [0.1, 0.15) is 64.4 Å². The minimum atomic E-state index is -4.67. The van der Waals surface area contributed by atoms with Crippen LogP contribution in [0.5, 0.6) is 0 Å². The van der Waals surface area contributed by atoms with Gasteiger partial charge in [0.2, 0.25) is 5.91 Å². The molecule has 9 aromatic carbocycles. The molecule has 0 N–H and O–H groups in total. The van der Waals surface area contributed by atoms with E-state index in [2.05, 4.69) is 0 Å². The maximum Gasteiger partial charge on any atom is 1.00 e. The number of aldehydes is 4. The van der Waals surface area contributed by atoms with Crippen LogP contribution in [-0.2, 0) is 90.1 Å². The van der Waals surface area contributed by atoms with E-state index in [1.807, 2.05) is 92.7 Å². The van der Waals surface area contributed by atoms with Gasteiger partial charge in [-0.15, -0.1) is 0 Å². The Morgan fingerprint density at radius 2 is 0.723 bits per heavy atom. The number of amides is 3. The number of para-hydroxylation sites is 3. The van der Waals surface area contributed by atoms with Gasteiger partial charge in [0.05, 0.1) is 28.1 Å². The van der Waals surface area contributed by atoms with Gasteiger partial charge in [-0.2, -0.15) is 0 Å². The zero-order valence-electron chi connectivity index (χ0n) is 62.1. The van der Waals surface area contributed by atoms with Crippen molar-refractivity contribution in [2.45, 2.75) is 89.7 Å². The summed E-state index contributed by atoms with van der Waals surface area (Å²) >= 11 is 0. The van der Waals surface area contributed by atoms with Crippen LogP contribution in [0.2, 0.25) is 0 Å². The number of ketones is 5. The Labute approximate surface area is 669 Å². The zero-order chi connectivity index (χ0) is 79.7. The number of anilines is 3. The molecule has 112 heavy (non-hydrogen) atoms. The van der Waals surface area contributed by atoms with Gasteiger partial charge in [0.15, 0.2) is 17.5 Å². The summed E-state index contributed by atoms with van der Waals surface area (Å²) in [5.41, 5.74) is 8.71. The minimum Gasteiger partial charge on any atom is -0.744 e. The number of hydrogen-bond acceptors (Lipinski definition) is 19. The molecular formula is C88H78N3NaO19S. The topological polar surface area (TPSA) is 324 Å². The Morgan fingerprint density at radius 3 is 1.11 bits per heavy atom. The van der Waals surface area contributed by atoms with Gasteiger partial charge in [0.25, 0.3) is 17.6 Å². The van der Waals surface area contributed by atoms with Crippen LogP contribution >= 0.6 is 0 Å². The maximum atomic E-state index is 13.2. The third-order valence-electron chi connectivity index (χ3n) is 19.1. The van der Waals surface area contributed by atoms with Gasteiger partial charge < -0.3 is 18.9 Å². The number of benzene rings is 9. The summed E-state index contributed by atoms with van der Waals surface area (Å²) in [4.78, 5) is 167. The average Bonchev–Trinajstić information content (AvgIpc) is 1.61. The van der Waals surface area contributed by atoms with Crippen molar-refractivity contribution in [3.63, 3.8) is 0 Å². The normalized spacial score (nSPS) is 16.8. The summed E-state index contributed by atoms with van der Waals surface area (Å²) in [6, 6.07) is 67.5. The van der Waals surface area contributed by atoms with Gasteiger partial charge in [-0.3, -0.25) is 67.1 Å². The van der Waals surface area contributed by atoms with Crippen LogP contribution in [0, 0.1) is 35.0 Å². The third kappa shape index (κ3) is 21.2. The molecule has 3 heterocycles. The second-order valence-electron chi connectivity index (χ2n) is 28.3. The van der Waals surface area contributed by atoms with E-state index in [4.69, 9.17) is 9.47 Å². The van der Waals surface area contributed by atoms with Crippen LogP contribution in [0.1, 0.15) is 137 Å². The summed E-state index contributed by atoms with van der Waals surface area (Å²) in [7, 11) is -4.67. The molecule has 4 fully saturated rings. The molecule has 0 radical (unpaired) electrons. The Bertz CT molecular complexity index is 4890. The van der Waals surface area contributed by atoms with Crippen LogP contribution in [0.3, 0.4) is 0 Å². The van der Waals surface area contributed by atoms with E-state index in [0.717, 1.165) is 47.4 Å². The van der Waals surface area contributed by atoms with Crippen molar-refractivity contribution in [3.8, 4) is 0 Å². The Hall–Kier alpha value is -11.7. The fourth-order valence-electron chi connectivity index (χ4n) is 13.5. The number of cyclic esters (lactones) is 2. The Kier molecular flexibility index (Phi) is 28.4. The minimum absolute atomic E-state index is 0. The van der Waals surface area contributed by atoms with E-state index in [-0.39, 0.29) is 118 Å². The SMILES string of the molecule is CC1(C)CC(=O)C(Cc2ccc(C=O)cc2)C(=O)C1.CC1(C)OC(=O)C(Cc2ccc(C=O)cc2)C(=O)O1.O=C1CCN(c2ccccc2)C(=O)C1Cc1ccccc1S(=O)(=O)[O-].O=Cc1ccc(CC2C(=O)N(c3ccccc3)N(c3ccccc3)C2=O)cc1.O=Cc1ccc(CC2C(=O)c3ccccc3C2=O)cc1.[Na+]. The van der Waals surface area contributed by atoms with Crippen LogP contribution in [0.4, 0.5) is 17.1 Å². The van der Waals surface area contributed by atoms with Crippen molar-refractivity contribution in [2.75, 3.05) is 21.5 Å². The number of esters is 2. The molecule has 14 rings (SSSR count). The van der Waals surface area contributed by atoms with Crippen LogP contribution < -0.4 is 44.5 Å². The van der Waals surface area contributed by atoms with E-state index < -0.39 is 57.4 Å². The zero-order valence-corrected chi connectivity index (χ0v) is 64.9. The van der Waals surface area contributed by atoms with Gasteiger partial charge in [0, 0.05) is 78.7 Å². The average molecular weight is 1540 g/mol. The Balaban J connectivity index is 0.000000162. The number of carbonyl (C=O) groups is 14. The predicted octanol–water partition coefficient (Wildman–Crippen LogP) is 9.26. The summed E-state index contributed by atoms with van der Waals surface area (Å²) in [6.45, 7) is 7.23. The van der Waals surface area contributed by atoms with E-state index in [1.165, 1.54) is 47.0 Å². The molecule has 1 unspecified atom stereocenters. The molecule has 5 aliphatic rings. The van der Waals surface area contributed by atoms with Crippen LogP contribution in [-0.4, -0.2) is 109 Å². The van der Waals surface area contributed by atoms with E-state index >= 15 is 0 Å². The fourth-order valence-corrected chi connectivity index (χ4v) is 14.2. The summed E-state index contributed by atoms with van der Waals surface area (Å²) in [5, 5.41) is 2.89. The molecule has 1 atom stereocenters. The second kappa shape index (κ2) is 37.8. The number of ether oxygens (including phenoxy) is 2. The molecule has 3 aliphatic heterocycles. The fraction of sp³-hybridized carbons (Fsp3) is 0.227. The molecule has 1 saturated carbocycles. The number of rotatable bonds is 18. The molecule has 24 heteroatoms. The van der Waals surface area contributed by atoms with Crippen molar-refractivity contribution < 1.29 is 119 Å². The predicted molar refractivity (Wildman–Crippen MR) is 408 cm³/mol. The first-order valence-electron chi connectivity index (χ1n) is 35.7. The molecule has 566 valence electrons. The van der Waals surface area contributed by atoms with E-state index in [9.17, 15) is 80.1 Å². The molecule has 2 aliphatic carbocycles. The summed E-state index contributed by atoms with van der Waals surface area (Å²) < 4.78 is 44.3. The monoisotopic (exact) mass is 1540 g/mol. The molecule has 0 aromatic heterocycles. The first-order valence-corrected chi connectivity index (χ1v) is 37.1. The number of nitrogens with zero attached hydrogens (tertiary/aromatic N) is 3. The second-order valence-corrected chi connectivity index (χ2v) is 29.6. The maximum absolute atomic E-state index is 13.2. The molecular weight excluding hydrogens is 1460 g/mol. The van der Waals surface area contributed by atoms with Crippen molar-refractivity contribution in [3.05, 3.63) is 298 Å². The number of piperidine rings is 1. The van der Waals surface area contributed by atoms with Gasteiger partial charge in [-0.05, 0) is 108 Å². The molecule has 22 nitrogen and oxygen atoms in total. The summed E-state index contributed by atoms with van der Waals surface area (Å²) in [6.07, 6.45) is 5.39. The standard InChI is InChI=1S/C23H18N2O3.C18H17NO5S.C17H12O3.C16H18O3.C14H14O5.Na/c26-16-18-13-11-17(12-14-18)15-21-22(27)24(19-7-3-1-4-8-19)25(23(21)28)20-9-5-2-6-10-20;20-16-10-11-19(14-7-2-1-3-8-14)18(21)15(16)12-13-6-4-5-9-17(13)25(22,23)24;18-10-12-7-5-11(6-8-12)9-15-16(19)13-3-1-2-4-14(13)17(15)20;1-16(2)8-14(18)13(15(19)9-16)7-11-3-5-12(10-17)6-4-11;1-14(2)18-12(16)11(13(17)19-14)7-9-3-5-10(8-15)6-4-9;/h1-14,16,21H,15H2;1-9,15H,10-12H2,(H,22,23,24);1-8,10,15H,9H2;3-6,10,13H,7-9H2,1-2H3;3-6,8,11H,7H2,1-2H3;/q;;;;;+1/p-1. The molecule has 3 amide bonds. The summed E-state index contributed by atoms with van der Waals surface area (Å²) in [5.74, 6) is -7.53. The largest absolute Gasteiger partial charge is 1.00 e. The quantitative estimate of drug-likeness (QED) is 0.0254. The van der Waals surface area contributed by atoms with Crippen LogP contribution in [0.15, 0.2) is 241 Å². The molecule has 0 spiro atoms. The number of Topliss-reactive ketones (excluding diaryl/α,β-unsaturated/α-hetero) is 5. The first-order chi connectivity index (χ1) is 53.1. The van der Waals surface area contributed by atoms with Crippen molar-refractivity contribution >= 4 is 111 Å². The smallest absolute Gasteiger partial charge is 0.744 e. The molecule has 3 saturated heterocycles. The number of hydrazine groups is 1. The van der Waals surface area contributed by atoms with Crippen molar-refractivity contribution in [1.82, 2.24) is 0 Å². The molecule has 9 aromatic rings. The first kappa shape index (κ1) is 84.3. The molecule has 0 bridgehead atoms. The number of hydrogen-bond donors (Lipinski definition) is 0. The third-order valence-corrected chi connectivity index (χ3v) is 20.1. The van der Waals surface area contributed by atoms with Crippen molar-refractivity contribution in [1.29, 1.82) is 0 Å². The van der Waals surface area contributed by atoms with E-state index in [0.29, 0.717) is 82.7 Å². The van der Waals surface area contributed by atoms with Crippen molar-refractivity contribution in [2.24, 2.45) is 35.0 Å². The van der Waals surface area contributed by atoms with Gasteiger partial charge >= 0.3 is 41.5 Å². The number of carbonyl (C=O) groups excluding carboxylic acids is 14. The van der Waals surface area contributed by atoms with Gasteiger partial charge in [-0.1, -0.05) is 208 Å². The Morgan fingerprint density at radius 1 is 0.384 bits per heavy atom.